The van der Waals surface area contributed by atoms with Crippen LogP contribution in [-0.2, 0) is 4.74 Å². The molecule has 0 aliphatic carbocycles. The lowest BCUT2D eigenvalue weighted by atomic mass is 10.0. The van der Waals surface area contributed by atoms with Crippen LogP contribution in [0.2, 0.25) is 5.02 Å². The number of esters is 1. The number of nitrogens with zero attached hydrogens (tertiary/aromatic N) is 1. The van der Waals surface area contributed by atoms with Gasteiger partial charge in [-0.05, 0) is 43.2 Å². The van der Waals surface area contributed by atoms with Crippen molar-refractivity contribution < 1.29 is 9.53 Å². The number of rotatable bonds is 3. The minimum Gasteiger partial charge on any atom is -0.462 e. The van der Waals surface area contributed by atoms with Gasteiger partial charge in [-0.15, -0.1) is 11.3 Å². The third-order valence-electron chi connectivity index (χ3n) is 3.44. The summed E-state index contributed by atoms with van der Waals surface area (Å²) in [6.45, 7) is 3.99. The zero-order chi connectivity index (χ0) is 16.6. The van der Waals surface area contributed by atoms with Crippen molar-refractivity contribution in [3.8, 4) is 11.1 Å². The molecular formula is C17H15ClN2O2S. The SMILES string of the molecule is CCOC(=O)c1sc2nc(C)cc(-c3ccc(Cl)cc3)c2c1N. The molecule has 4 nitrogen and oxygen atoms in total. The molecule has 0 fully saturated rings. The van der Waals surface area contributed by atoms with Crippen LogP contribution in [0.1, 0.15) is 22.3 Å². The number of anilines is 1. The summed E-state index contributed by atoms with van der Waals surface area (Å²) in [5.41, 5.74) is 9.42. The van der Waals surface area contributed by atoms with Gasteiger partial charge in [0.15, 0.2) is 0 Å². The lowest BCUT2D eigenvalue weighted by Crippen LogP contribution is -2.04. The molecule has 118 valence electrons. The lowest BCUT2D eigenvalue weighted by Gasteiger charge is -2.07. The van der Waals surface area contributed by atoms with Crippen molar-refractivity contribution in [3.05, 3.63) is 45.9 Å². The average molecular weight is 347 g/mol. The van der Waals surface area contributed by atoms with Gasteiger partial charge in [-0.2, -0.15) is 0 Å². The van der Waals surface area contributed by atoms with E-state index in [1.807, 2.05) is 37.3 Å². The largest absolute Gasteiger partial charge is 0.462 e. The van der Waals surface area contributed by atoms with E-state index in [1.54, 1.807) is 6.92 Å². The first-order valence-corrected chi connectivity index (χ1v) is 8.33. The number of carbonyl (C=O) groups excluding carboxylic acids is 1. The predicted octanol–water partition coefficient (Wildman–Crippen LogP) is 4.68. The molecule has 0 saturated carbocycles. The van der Waals surface area contributed by atoms with E-state index in [4.69, 9.17) is 22.1 Å². The quantitative estimate of drug-likeness (QED) is 0.699. The molecule has 0 radical (unpaired) electrons. The Hall–Kier alpha value is -2.11. The molecule has 2 aromatic heterocycles. The molecule has 0 amide bonds. The number of aryl methyl sites for hydroxylation is 1. The Morgan fingerprint density at radius 2 is 2.04 bits per heavy atom. The molecule has 2 N–H and O–H groups in total. The number of nitrogens with two attached hydrogens (primary N) is 1. The molecule has 3 rings (SSSR count). The van der Waals surface area contributed by atoms with Gasteiger partial charge in [0.2, 0.25) is 0 Å². The van der Waals surface area contributed by atoms with Crippen molar-refractivity contribution in [1.29, 1.82) is 0 Å². The van der Waals surface area contributed by atoms with E-state index in [0.29, 0.717) is 22.2 Å². The smallest absolute Gasteiger partial charge is 0.350 e. The first-order valence-electron chi connectivity index (χ1n) is 7.14. The molecule has 0 aliphatic rings. The number of fused-ring (bicyclic) bond motifs is 1. The molecule has 2 heterocycles. The van der Waals surface area contributed by atoms with E-state index in [2.05, 4.69) is 4.98 Å². The van der Waals surface area contributed by atoms with Gasteiger partial charge < -0.3 is 10.5 Å². The van der Waals surface area contributed by atoms with Crippen LogP contribution in [0, 0.1) is 6.92 Å². The summed E-state index contributed by atoms with van der Waals surface area (Å²) < 4.78 is 5.08. The summed E-state index contributed by atoms with van der Waals surface area (Å²) in [4.78, 5) is 17.7. The van der Waals surface area contributed by atoms with Crippen molar-refractivity contribution in [2.75, 3.05) is 12.3 Å². The number of benzene rings is 1. The van der Waals surface area contributed by atoms with Crippen molar-refractivity contribution in [2.45, 2.75) is 13.8 Å². The maximum Gasteiger partial charge on any atom is 0.350 e. The zero-order valence-electron chi connectivity index (χ0n) is 12.7. The van der Waals surface area contributed by atoms with E-state index in [9.17, 15) is 4.79 Å². The summed E-state index contributed by atoms with van der Waals surface area (Å²) >= 11 is 7.23. The summed E-state index contributed by atoms with van der Waals surface area (Å²) in [5, 5.41) is 1.45. The molecule has 3 aromatic rings. The standard InChI is InChI=1S/C17H15ClN2O2S/c1-3-22-17(21)15-14(19)13-12(8-9(2)20-16(13)23-15)10-4-6-11(18)7-5-10/h4-8H,3,19H2,1-2H3. The third kappa shape index (κ3) is 2.90. The Labute approximate surface area is 142 Å². The van der Waals surface area contributed by atoms with Crippen LogP contribution in [0.25, 0.3) is 21.3 Å². The van der Waals surface area contributed by atoms with Crippen LogP contribution < -0.4 is 5.73 Å². The van der Waals surface area contributed by atoms with Gasteiger partial charge in [0, 0.05) is 16.1 Å². The number of pyridine rings is 1. The maximum absolute atomic E-state index is 12.1. The molecule has 0 bridgehead atoms. The van der Waals surface area contributed by atoms with Crippen LogP contribution in [0.15, 0.2) is 30.3 Å². The van der Waals surface area contributed by atoms with Crippen molar-refractivity contribution in [1.82, 2.24) is 4.98 Å². The van der Waals surface area contributed by atoms with E-state index in [-0.39, 0.29) is 0 Å². The number of thiophene rings is 1. The minimum atomic E-state index is -0.410. The fourth-order valence-electron chi connectivity index (χ4n) is 2.45. The zero-order valence-corrected chi connectivity index (χ0v) is 14.3. The first-order chi connectivity index (χ1) is 11.0. The Balaban J connectivity index is 2.25. The molecule has 0 unspecified atom stereocenters. The highest BCUT2D eigenvalue weighted by Crippen LogP contribution is 2.40. The van der Waals surface area contributed by atoms with Gasteiger partial charge in [0.1, 0.15) is 9.71 Å². The van der Waals surface area contributed by atoms with Gasteiger partial charge in [-0.25, -0.2) is 9.78 Å². The van der Waals surface area contributed by atoms with Gasteiger partial charge in [0.25, 0.3) is 0 Å². The normalized spacial score (nSPS) is 10.9. The highest BCUT2D eigenvalue weighted by Gasteiger charge is 2.21. The van der Waals surface area contributed by atoms with Gasteiger partial charge >= 0.3 is 5.97 Å². The average Bonchev–Trinajstić information content (AvgIpc) is 2.84. The Bertz CT molecular complexity index is 888. The highest BCUT2D eigenvalue weighted by atomic mass is 35.5. The summed E-state index contributed by atoms with van der Waals surface area (Å²) in [6, 6.07) is 9.47. The molecule has 0 saturated heterocycles. The number of aromatic nitrogens is 1. The number of halogens is 1. The first kappa shape index (κ1) is 15.8. The second-order valence-electron chi connectivity index (χ2n) is 5.06. The van der Waals surface area contributed by atoms with Crippen LogP contribution in [0.5, 0.6) is 0 Å². The summed E-state index contributed by atoms with van der Waals surface area (Å²) in [7, 11) is 0. The fraction of sp³-hybridized carbons (Fsp3) is 0.176. The summed E-state index contributed by atoms with van der Waals surface area (Å²) in [6.07, 6.45) is 0. The van der Waals surface area contributed by atoms with Crippen molar-refractivity contribution in [3.63, 3.8) is 0 Å². The molecule has 1 aromatic carbocycles. The Morgan fingerprint density at radius 1 is 1.35 bits per heavy atom. The number of hydrogen-bond acceptors (Lipinski definition) is 5. The predicted molar refractivity (Wildman–Crippen MR) is 95.2 cm³/mol. The van der Waals surface area contributed by atoms with Gasteiger partial charge in [0.05, 0.1) is 12.3 Å². The van der Waals surface area contributed by atoms with E-state index < -0.39 is 5.97 Å². The number of carbonyl (C=O) groups is 1. The van der Waals surface area contributed by atoms with Gasteiger partial charge in [-0.1, -0.05) is 23.7 Å². The third-order valence-corrected chi connectivity index (χ3v) is 4.77. The van der Waals surface area contributed by atoms with Crippen molar-refractivity contribution in [2.24, 2.45) is 0 Å². The minimum absolute atomic E-state index is 0.309. The van der Waals surface area contributed by atoms with Crippen LogP contribution >= 0.6 is 22.9 Å². The molecule has 0 atom stereocenters. The number of nitrogen functional groups attached to an aromatic ring is 1. The topological polar surface area (TPSA) is 65.2 Å². The second kappa shape index (κ2) is 6.18. The maximum atomic E-state index is 12.1. The molecule has 0 spiro atoms. The molecule has 0 aliphatic heterocycles. The van der Waals surface area contributed by atoms with Crippen LogP contribution in [-0.4, -0.2) is 17.6 Å². The lowest BCUT2D eigenvalue weighted by molar-refractivity contribution is 0.0533. The van der Waals surface area contributed by atoms with Gasteiger partial charge in [-0.3, -0.25) is 0 Å². The number of hydrogen-bond donors (Lipinski definition) is 1. The Kier molecular flexibility index (Phi) is 4.24. The van der Waals surface area contributed by atoms with Crippen molar-refractivity contribution >= 4 is 44.8 Å². The Morgan fingerprint density at radius 3 is 2.70 bits per heavy atom. The van der Waals surface area contributed by atoms with Crippen LogP contribution in [0.4, 0.5) is 5.69 Å². The van der Waals surface area contributed by atoms with E-state index in [1.165, 1.54) is 11.3 Å². The molecular weight excluding hydrogens is 332 g/mol. The van der Waals surface area contributed by atoms with Crippen LogP contribution in [0.3, 0.4) is 0 Å². The van der Waals surface area contributed by atoms with E-state index in [0.717, 1.165) is 27.0 Å². The molecule has 6 heteroatoms. The summed E-state index contributed by atoms with van der Waals surface area (Å²) in [5.74, 6) is -0.410. The molecule has 23 heavy (non-hydrogen) atoms. The monoisotopic (exact) mass is 346 g/mol. The second-order valence-corrected chi connectivity index (χ2v) is 6.50. The fourth-order valence-corrected chi connectivity index (χ4v) is 3.63. The number of ether oxygens (including phenoxy) is 1. The van der Waals surface area contributed by atoms with E-state index >= 15 is 0 Å². The highest BCUT2D eigenvalue weighted by molar-refractivity contribution is 7.21.